The van der Waals surface area contributed by atoms with Gasteiger partial charge < -0.3 is 16.2 Å². The SMILES string of the molecule is CC(C)(C)OC(=O)C(c1cccc(N)c1)C(C)(C)N. The summed E-state index contributed by atoms with van der Waals surface area (Å²) in [6.07, 6.45) is 0. The molecular weight excluding hydrogens is 240 g/mol. The summed E-state index contributed by atoms with van der Waals surface area (Å²) < 4.78 is 5.46. The van der Waals surface area contributed by atoms with Gasteiger partial charge in [-0.2, -0.15) is 0 Å². The van der Waals surface area contributed by atoms with Crippen molar-refractivity contribution in [3.8, 4) is 0 Å². The molecule has 4 nitrogen and oxygen atoms in total. The van der Waals surface area contributed by atoms with Crippen LogP contribution in [0.3, 0.4) is 0 Å². The van der Waals surface area contributed by atoms with Gasteiger partial charge in [0.25, 0.3) is 0 Å². The van der Waals surface area contributed by atoms with Crippen molar-refractivity contribution in [2.24, 2.45) is 5.73 Å². The molecule has 4 heteroatoms. The standard InChI is InChI=1S/C15H24N2O2/c1-14(2,3)19-13(18)12(15(4,5)17)10-7-6-8-11(16)9-10/h6-9,12H,16-17H2,1-5H3. The number of nitrogen functional groups attached to an aromatic ring is 1. The van der Waals surface area contributed by atoms with Crippen LogP contribution in [-0.2, 0) is 9.53 Å². The van der Waals surface area contributed by atoms with Crippen molar-refractivity contribution >= 4 is 11.7 Å². The average molecular weight is 264 g/mol. The Morgan fingerprint density at radius 1 is 1.21 bits per heavy atom. The van der Waals surface area contributed by atoms with Crippen LogP contribution in [0.5, 0.6) is 0 Å². The maximum absolute atomic E-state index is 12.4. The Morgan fingerprint density at radius 2 is 1.79 bits per heavy atom. The van der Waals surface area contributed by atoms with Crippen LogP contribution in [0.4, 0.5) is 5.69 Å². The molecule has 1 aromatic carbocycles. The summed E-state index contributed by atoms with van der Waals surface area (Å²) in [5.41, 5.74) is 12.0. The second-order valence-corrected chi connectivity index (χ2v) is 6.46. The van der Waals surface area contributed by atoms with Crippen LogP contribution in [0.15, 0.2) is 24.3 Å². The summed E-state index contributed by atoms with van der Waals surface area (Å²) >= 11 is 0. The molecule has 0 aliphatic rings. The zero-order valence-corrected chi connectivity index (χ0v) is 12.4. The zero-order valence-electron chi connectivity index (χ0n) is 12.4. The average Bonchev–Trinajstić information content (AvgIpc) is 2.11. The molecule has 0 saturated heterocycles. The smallest absolute Gasteiger partial charge is 0.315 e. The third kappa shape index (κ3) is 4.56. The Bertz CT molecular complexity index is 456. The molecule has 19 heavy (non-hydrogen) atoms. The first-order chi connectivity index (χ1) is 8.50. The number of hydrogen-bond donors (Lipinski definition) is 2. The van der Waals surface area contributed by atoms with Crippen LogP contribution in [0.1, 0.15) is 46.1 Å². The molecule has 0 spiro atoms. The van der Waals surface area contributed by atoms with Crippen LogP contribution in [0, 0.1) is 0 Å². The maximum atomic E-state index is 12.4. The Balaban J connectivity index is 3.13. The van der Waals surface area contributed by atoms with E-state index in [2.05, 4.69) is 0 Å². The van der Waals surface area contributed by atoms with E-state index >= 15 is 0 Å². The van der Waals surface area contributed by atoms with E-state index in [1.54, 1.807) is 12.1 Å². The van der Waals surface area contributed by atoms with Gasteiger partial charge in [-0.15, -0.1) is 0 Å². The first-order valence-corrected chi connectivity index (χ1v) is 6.38. The van der Waals surface area contributed by atoms with E-state index in [-0.39, 0.29) is 5.97 Å². The van der Waals surface area contributed by atoms with Crippen molar-refractivity contribution in [3.05, 3.63) is 29.8 Å². The van der Waals surface area contributed by atoms with Crippen LogP contribution in [0.2, 0.25) is 0 Å². The number of rotatable bonds is 3. The summed E-state index contributed by atoms with van der Waals surface area (Å²) in [4.78, 5) is 12.4. The van der Waals surface area contributed by atoms with E-state index in [1.165, 1.54) is 0 Å². The van der Waals surface area contributed by atoms with E-state index in [1.807, 2.05) is 46.8 Å². The van der Waals surface area contributed by atoms with Crippen molar-refractivity contribution in [2.45, 2.75) is 51.7 Å². The molecule has 0 aliphatic heterocycles. The summed E-state index contributed by atoms with van der Waals surface area (Å²) in [5, 5.41) is 0. The molecule has 1 unspecified atom stereocenters. The number of esters is 1. The monoisotopic (exact) mass is 264 g/mol. The first kappa shape index (κ1) is 15.5. The van der Waals surface area contributed by atoms with E-state index < -0.39 is 17.1 Å². The van der Waals surface area contributed by atoms with E-state index in [0.717, 1.165) is 5.56 Å². The third-order valence-corrected chi connectivity index (χ3v) is 2.63. The van der Waals surface area contributed by atoms with Gasteiger partial charge in [0, 0.05) is 11.2 Å². The summed E-state index contributed by atoms with van der Waals surface area (Å²) in [7, 11) is 0. The molecule has 0 fully saturated rings. The van der Waals surface area contributed by atoms with Crippen LogP contribution in [0.25, 0.3) is 0 Å². The molecule has 0 saturated carbocycles. The van der Waals surface area contributed by atoms with Gasteiger partial charge in [-0.3, -0.25) is 4.79 Å². The fraction of sp³-hybridized carbons (Fsp3) is 0.533. The predicted molar refractivity (Wildman–Crippen MR) is 77.7 cm³/mol. The molecule has 0 aliphatic carbocycles. The highest BCUT2D eigenvalue weighted by atomic mass is 16.6. The minimum Gasteiger partial charge on any atom is -0.459 e. The molecular formula is C15H24N2O2. The van der Waals surface area contributed by atoms with Crippen LogP contribution >= 0.6 is 0 Å². The second kappa shape index (κ2) is 5.21. The zero-order chi connectivity index (χ0) is 14.8. The van der Waals surface area contributed by atoms with Gasteiger partial charge >= 0.3 is 5.97 Å². The molecule has 0 heterocycles. The summed E-state index contributed by atoms with van der Waals surface area (Å²) in [6, 6.07) is 7.20. The number of anilines is 1. The largest absolute Gasteiger partial charge is 0.459 e. The molecule has 1 aromatic rings. The van der Waals surface area contributed by atoms with Gasteiger partial charge in [-0.05, 0) is 52.3 Å². The van der Waals surface area contributed by atoms with E-state index in [9.17, 15) is 4.79 Å². The summed E-state index contributed by atoms with van der Waals surface area (Å²) in [5.74, 6) is -0.874. The van der Waals surface area contributed by atoms with Gasteiger partial charge in [0.2, 0.25) is 0 Å². The van der Waals surface area contributed by atoms with Crippen molar-refractivity contribution in [1.82, 2.24) is 0 Å². The lowest BCUT2D eigenvalue weighted by atomic mass is 9.82. The lowest BCUT2D eigenvalue weighted by Gasteiger charge is -2.32. The Morgan fingerprint density at radius 3 is 2.21 bits per heavy atom. The number of ether oxygens (including phenoxy) is 1. The van der Waals surface area contributed by atoms with Gasteiger partial charge in [-0.1, -0.05) is 12.1 Å². The lowest BCUT2D eigenvalue weighted by Crippen LogP contribution is -2.45. The highest BCUT2D eigenvalue weighted by molar-refractivity contribution is 5.80. The van der Waals surface area contributed by atoms with E-state index in [0.29, 0.717) is 5.69 Å². The number of hydrogen-bond acceptors (Lipinski definition) is 4. The molecule has 4 N–H and O–H groups in total. The second-order valence-electron chi connectivity index (χ2n) is 6.46. The number of carbonyl (C=O) groups is 1. The quantitative estimate of drug-likeness (QED) is 0.649. The number of carbonyl (C=O) groups excluding carboxylic acids is 1. The normalized spacial score (nSPS) is 14.0. The third-order valence-electron chi connectivity index (χ3n) is 2.63. The first-order valence-electron chi connectivity index (χ1n) is 6.38. The highest BCUT2D eigenvalue weighted by Gasteiger charge is 2.36. The number of benzene rings is 1. The topological polar surface area (TPSA) is 78.3 Å². The van der Waals surface area contributed by atoms with Crippen LogP contribution < -0.4 is 11.5 Å². The maximum Gasteiger partial charge on any atom is 0.315 e. The Hall–Kier alpha value is -1.55. The Kier molecular flexibility index (Phi) is 4.25. The lowest BCUT2D eigenvalue weighted by molar-refractivity contribution is -0.158. The molecule has 0 amide bonds. The molecule has 106 valence electrons. The van der Waals surface area contributed by atoms with Gasteiger partial charge in [0.15, 0.2) is 0 Å². The molecule has 0 aromatic heterocycles. The Labute approximate surface area is 115 Å². The van der Waals surface area contributed by atoms with Gasteiger partial charge in [0.1, 0.15) is 5.60 Å². The van der Waals surface area contributed by atoms with Gasteiger partial charge in [-0.25, -0.2) is 0 Å². The fourth-order valence-electron chi connectivity index (χ4n) is 1.97. The molecule has 1 atom stereocenters. The van der Waals surface area contributed by atoms with Crippen molar-refractivity contribution < 1.29 is 9.53 Å². The molecule has 1 rings (SSSR count). The molecule has 0 bridgehead atoms. The fourth-order valence-corrected chi connectivity index (χ4v) is 1.97. The van der Waals surface area contributed by atoms with Crippen molar-refractivity contribution in [1.29, 1.82) is 0 Å². The highest BCUT2D eigenvalue weighted by Crippen LogP contribution is 2.30. The summed E-state index contributed by atoms with van der Waals surface area (Å²) in [6.45, 7) is 9.13. The minimum atomic E-state index is -0.726. The van der Waals surface area contributed by atoms with Gasteiger partial charge in [0.05, 0.1) is 5.92 Å². The van der Waals surface area contributed by atoms with Crippen LogP contribution in [-0.4, -0.2) is 17.1 Å². The molecule has 0 radical (unpaired) electrons. The number of nitrogens with two attached hydrogens (primary N) is 2. The predicted octanol–water partition coefficient (Wildman–Crippen LogP) is 2.43. The van der Waals surface area contributed by atoms with Crippen molar-refractivity contribution in [2.75, 3.05) is 5.73 Å². The minimum absolute atomic E-state index is 0.328. The van der Waals surface area contributed by atoms with Crippen molar-refractivity contribution in [3.63, 3.8) is 0 Å². The van der Waals surface area contributed by atoms with E-state index in [4.69, 9.17) is 16.2 Å².